The first-order valence-electron chi connectivity index (χ1n) is 8.56. The van der Waals surface area contributed by atoms with Crippen LogP contribution in [0.15, 0.2) is 30.3 Å². The average Bonchev–Trinajstić information content (AvgIpc) is 3.19. The van der Waals surface area contributed by atoms with Gasteiger partial charge < -0.3 is 24.3 Å². The van der Waals surface area contributed by atoms with E-state index in [0.717, 1.165) is 31.6 Å². The molecular weight excluding hydrogens is 400 g/mol. The maximum atomic E-state index is 12.1. The Labute approximate surface area is 171 Å². The number of carbonyl (C=O) groups is 4. The van der Waals surface area contributed by atoms with Crippen molar-refractivity contribution in [2.45, 2.75) is 19.2 Å². The topological polar surface area (TPSA) is 148 Å². The highest BCUT2D eigenvalue weighted by atomic mass is 16.6. The molecule has 0 fully saturated rings. The van der Waals surface area contributed by atoms with Crippen LogP contribution in [0.1, 0.15) is 26.5 Å². The molecule has 1 aromatic heterocycles. The number of alkyl carbamates (subject to hydrolysis) is 1. The van der Waals surface area contributed by atoms with E-state index in [1.165, 1.54) is 0 Å². The highest BCUT2D eigenvalue weighted by molar-refractivity contribution is 6.00. The second-order valence-electron chi connectivity index (χ2n) is 5.73. The van der Waals surface area contributed by atoms with Gasteiger partial charge in [0, 0.05) is 0 Å². The second-order valence-corrected chi connectivity index (χ2v) is 5.73. The number of hydrogen-bond donors (Lipinski definition) is 1. The van der Waals surface area contributed by atoms with Crippen molar-refractivity contribution in [3.63, 3.8) is 0 Å². The zero-order valence-corrected chi connectivity index (χ0v) is 16.5. The molecule has 2 rings (SSSR count). The summed E-state index contributed by atoms with van der Waals surface area (Å²) in [6.45, 7) is -0.411. The van der Waals surface area contributed by atoms with Gasteiger partial charge in [-0.2, -0.15) is 0 Å². The highest BCUT2D eigenvalue weighted by Crippen LogP contribution is 2.10. The summed E-state index contributed by atoms with van der Waals surface area (Å²) in [6.07, 6.45) is -0.901. The molecule has 0 spiro atoms. The standard InChI is InChI=1S/C18H20N4O8/c1-27-15(23)12(19-18(26)30-10-11-7-5-4-6-8-11)9-22-14(17(25)29-3)13(20-21-22)16(24)28-2/h4-8,12H,9-10H2,1-3H3,(H,19,26)/t12-/m0/s1. The number of benzene rings is 1. The lowest BCUT2D eigenvalue weighted by molar-refractivity contribution is -0.143. The van der Waals surface area contributed by atoms with Crippen LogP contribution in [0.4, 0.5) is 4.79 Å². The van der Waals surface area contributed by atoms with Crippen LogP contribution >= 0.6 is 0 Å². The zero-order chi connectivity index (χ0) is 22.1. The number of esters is 3. The van der Waals surface area contributed by atoms with Crippen LogP contribution in [0.3, 0.4) is 0 Å². The first-order chi connectivity index (χ1) is 14.4. The Morgan fingerprint density at radius 2 is 1.67 bits per heavy atom. The van der Waals surface area contributed by atoms with Gasteiger partial charge in [-0.3, -0.25) is 0 Å². The summed E-state index contributed by atoms with van der Waals surface area (Å²) < 4.78 is 19.9. The van der Waals surface area contributed by atoms with Gasteiger partial charge in [0.15, 0.2) is 5.69 Å². The van der Waals surface area contributed by atoms with Crippen molar-refractivity contribution >= 4 is 24.0 Å². The summed E-state index contributed by atoms with van der Waals surface area (Å²) in [6, 6.07) is 7.61. The summed E-state index contributed by atoms with van der Waals surface area (Å²) in [7, 11) is 3.32. The predicted octanol–water partition coefficient (Wildman–Crippen LogP) is 0.319. The molecule has 12 heteroatoms. The molecule has 0 aliphatic heterocycles. The number of methoxy groups -OCH3 is 3. The van der Waals surface area contributed by atoms with Crippen molar-refractivity contribution in [3.05, 3.63) is 47.3 Å². The molecule has 0 bridgehead atoms. The fourth-order valence-corrected chi connectivity index (χ4v) is 2.38. The van der Waals surface area contributed by atoms with E-state index in [0.29, 0.717) is 0 Å². The van der Waals surface area contributed by atoms with Gasteiger partial charge >= 0.3 is 24.0 Å². The van der Waals surface area contributed by atoms with E-state index in [4.69, 9.17) is 4.74 Å². The largest absolute Gasteiger partial charge is 0.467 e. The molecule has 1 aromatic carbocycles. The molecule has 1 atom stereocenters. The molecular formula is C18H20N4O8. The molecule has 1 heterocycles. The van der Waals surface area contributed by atoms with Crippen LogP contribution < -0.4 is 5.32 Å². The average molecular weight is 420 g/mol. The molecule has 1 amide bonds. The molecule has 0 saturated carbocycles. The van der Waals surface area contributed by atoms with E-state index < -0.39 is 35.7 Å². The first kappa shape index (κ1) is 22.3. The minimum atomic E-state index is -1.30. The molecule has 0 aliphatic carbocycles. The Morgan fingerprint density at radius 3 is 2.27 bits per heavy atom. The number of hydrogen-bond acceptors (Lipinski definition) is 10. The molecule has 12 nitrogen and oxygen atoms in total. The van der Waals surface area contributed by atoms with Crippen molar-refractivity contribution in [2.24, 2.45) is 0 Å². The number of aromatic nitrogens is 3. The molecule has 0 saturated heterocycles. The summed E-state index contributed by atoms with van der Waals surface area (Å²) in [5.74, 6) is -2.69. The van der Waals surface area contributed by atoms with Crippen molar-refractivity contribution in [3.8, 4) is 0 Å². The van der Waals surface area contributed by atoms with E-state index in [9.17, 15) is 19.2 Å². The van der Waals surface area contributed by atoms with Crippen molar-refractivity contribution in [1.29, 1.82) is 0 Å². The van der Waals surface area contributed by atoms with Gasteiger partial charge in [0.2, 0.25) is 5.69 Å². The van der Waals surface area contributed by atoms with Crippen molar-refractivity contribution < 1.29 is 38.1 Å². The van der Waals surface area contributed by atoms with Crippen LogP contribution in [-0.4, -0.2) is 66.4 Å². The molecule has 160 valence electrons. The quantitative estimate of drug-likeness (QED) is 0.467. The van der Waals surface area contributed by atoms with E-state index in [-0.39, 0.29) is 18.8 Å². The maximum absolute atomic E-state index is 12.1. The van der Waals surface area contributed by atoms with Crippen LogP contribution in [0.2, 0.25) is 0 Å². The van der Waals surface area contributed by atoms with Gasteiger partial charge in [-0.15, -0.1) is 5.10 Å². The van der Waals surface area contributed by atoms with Crippen LogP contribution in [0, 0.1) is 0 Å². The number of rotatable bonds is 8. The number of carbonyl (C=O) groups excluding carboxylic acids is 4. The summed E-state index contributed by atoms with van der Waals surface area (Å²) in [4.78, 5) is 48.1. The van der Waals surface area contributed by atoms with E-state index in [1.54, 1.807) is 24.3 Å². The van der Waals surface area contributed by atoms with Crippen molar-refractivity contribution in [2.75, 3.05) is 21.3 Å². The molecule has 1 N–H and O–H groups in total. The van der Waals surface area contributed by atoms with E-state index >= 15 is 0 Å². The van der Waals surface area contributed by atoms with Gasteiger partial charge in [0.25, 0.3) is 0 Å². The van der Waals surface area contributed by atoms with Gasteiger partial charge in [-0.1, -0.05) is 35.5 Å². The first-order valence-corrected chi connectivity index (χ1v) is 8.56. The molecule has 0 aliphatic rings. The van der Waals surface area contributed by atoms with E-state index in [2.05, 4.69) is 29.8 Å². The lowest BCUT2D eigenvalue weighted by atomic mass is 10.2. The number of nitrogens with one attached hydrogen (secondary N) is 1. The normalized spacial score (nSPS) is 11.2. The monoisotopic (exact) mass is 420 g/mol. The van der Waals surface area contributed by atoms with Gasteiger partial charge in [-0.05, 0) is 5.56 Å². The Morgan fingerprint density at radius 1 is 1.00 bits per heavy atom. The SMILES string of the molecule is COC(=O)c1nnn(C[C@H](NC(=O)OCc2ccccc2)C(=O)OC)c1C(=O)OC. The Kier molecular flexibility index (Phi) is 7.85. The lowest BCUT2D eigenvalue weighted by Gasteiger charge is -2.17. The predicted molar refractivity (Wildman–Crippen MR) is 98.3 cm³/mol. The molecule has 0 unspecified atom stereocenters. The third-order valence-corrected chi connectivity index (χ3v) is 3.84. The van der Waals surface area contributed by atoms with Gasteiger partial charge in [-0.25, -0.2) is 23.9 Å². The third kappa shape index (κ3) is 5.53. The van der Waals surface area contributed by atoms with Crippen molar-refractivity contribution in [1.82, 2.24) is 20.3 Å². The van der Waals surface area contributed by atoms with E-state index in [1.807, 2.05) is 6.07 Å². The molecule has 2 aromatic rings. The minimum absolute atomic E-state index is 0.0240. The van der Waals surface area contributed by atoms with Gasteiger partial charge in [0.05, 0.1) is 27.9 Å². The highest BCUT2D eigenvalue weighted by Gasteiger charge is 2.31. The summed E-state index contributed by atoms with van der Waals surface area (Å²) in [5.41, 5.74) is -0.00781. The summed E-state index contributed by atoms with van der Waals surface area (Å²) >= 11 is 0. The second kappa shape index (κ2) is 10.5. The number of amides is 1. The Hall–Kier alpha value is -3.96. The zero-order valence-electron chi connectivity index (χ0n) is 16.5. The Bertz CT molecular complexity index is 912. The lowest BCUT2D eigenvalue weighted by Crippen LogP contribution is -2.45. The molecule has 30 heavy (non-hydrogen) atoms. The third-order valence-electron chi connectivity index (χ3n) is 3.84. The van der Waals surface area contributed by atoms with Gasteiger partial charge in [0.1, 0.15) is 12.6 Å². The fourth-order valence-electron chi connectivity index (χ4n) is 2.38. The number of nitrogens with zero attached hydrogens (tertiary/aromatic N) is 3. The maximum Gasteiger partial charge on any atom is 0.408 e. The van der Waals surface area contributed by atoms with Crippen LogP contribution in [0.25, 0.3) is 0 Å². The van der Waals surface area contributed by atoms with Crippen LogP contribution in [0.5, 0.6) is 0 Å². The summed E-state index contributed by atoms with van der Waals surface area (Å²) in [5, 5.41) is 9.60. The van der Waals surface area contributed by atoms with Crippen LogP contribution in [-0.2, 0) is 36.9 Å². The fraction of sp³-hybridized carbons (Fsp3) is 0.333. The molecule has 0 radical (unpaired) electrons. The Balaban J connectivity index is 2.17. The minimum Gasteiger partial charge on any atom is -0.467 e. The smallest absolute Gasteiger partial charge is 0.408 e. The number of ether oxygens (including phenoxy) is 4.